The van der Waals surface area contributed by atoms with Gasteiger partial charge in [0, 0.05) is 0 Å². The molecule has 0 bridgehead atoms. The molecular weight excluding hydrogens is 328 g/mol. The van der Waals surface area contributed by atoms with E-state index in [1.165, 1.54) is 44.9 Å². The first-order chi connectivity index (χ1) is 13.0. The molecule has 0 unspecified atom stereocenters. The second-order valence-corrected chi connectivity index (χ2v) is 10.6. The minimum absolute atomic E-state index is 0.0577. The Morgan fingerprint density at radius 1 is 1.04 bits per heavy atom. The summed E-state index contributed by atoms with van der Waals surface area (Å²) >= 11 is 0. The Balaban J connectivity index is 1.46. The molecule has 1 N–H and O–H groups in total. The van der Waals surface area contributed by atoms with Crippen LogP contribution in [0.15, 0.2) is 23.3 Å². The lowest BCUT2D eigenvalue weighted by molar-refractivity contribution is 0.0311. The van der Waals surface area contributed by atoms with Gasteiger partial charge in [-0.05, 0) is 112 Å². The Hall–Kier alpha value is -0.560. The predicted octanol–water partition coefficient (Wildman–Crippen LogP) is 6.77. The molecule has 0 aromatic rings. The van der Waals surface area contributed by atoms with Gasteiger partial charge in [-0.2, -0.15) is 0 Å². The maximum absolute atomic E-state index is 10.1. The second kappa shape index (κ2) is 8.05. The molecule has 3 saturated carbocycles. The fraction of sp³-hybridized carbons (Fsp3) is 0.846. The van der Waals surface area contributed by atoms with Gasteiger partial charge in [0.25, 0.3) is 0 Å². The zero-order chi connectivity index (χ0) is 19.1. The molecule has 0 amide bonds. The van der Waals surface area contributed by atoms with E-state index in [1.54, 1.807) is 11.1 Å². The van der Waals surface area contributed by atoms with Gasteiger partial charge in [0.2, 0.25) is 0 Å². The summed E-state index contributed by atoms with van der Waals surface area (Å²) in [5.74, 6) is 7.08. The average molecular weight is 371 g/mol. The van der Waals surface area contributed by atoms with Gasteiger partial charge < -0.3 is 5.11 Å². The third kappa shape index (κ3) is 3.70. The Kier molecular flexibility index (Phi) is 5.89. The van der Waals surface area contributed by atoms with Crippen LogP contribution in [0.25, 0.3) is 0 Å². The zero-order valence-corrected chi connectivity index (χ0v) is 18.2. The van der Waals surface area contributed by atoms with E-state index in [9.17, 15) is 5.11 Å². The van der Waals surface area contributed by atoms with E-state index in [0.717, 1.165) is 60.2 Å². The molecule has 27 heavy (non-hydrogen) atoms. The summed E-state index contributed by atoms with van der Waals surface area (Å²) in [6.07, 6.45) is 16.9. The molecule has 4 aliphatic rings. The van der Waals surface area contributed by atoms with Crippen molar-refractivity contribution in [3.63, 3.8) is 0 Å². The van der Waals surface area contributed by atoms with Gasteiger partial charge in [0.1, 0.15) is 0 Å². The Morgan fingerprint density at radius 3 is 2.56 bits per heavy atom. The quantitative estimate of drug-likeness (QED) is 0.541. The Morgan fingerprint density at radius 2 is 1.78 bits per heavy atom. The van der Waals surface area contributed by atoms with Crippen molar-refractivity contribution in [2.24, 2.45) is 47.3 Å². The van der Waals surface area contributed by atoms with Gasteiger partial charge in [-0.15, -0.1) is 0 Å². The van der Waals surface area contributed by atoms with Gasteiger partial charge >= 0.3 is 0 Å². The largest absolute Gasteiger partial charge is 0.393 e. The highest BCUT2D eigenvalue weighted by molar-refractivity contribution is 5.19. The lowest BCUT2D eigenvalue weighted by Gasteiger charge is -2.49. The smallest absolute Gasteiger partial charge is 0.0577 e. The summed E-state index contributed by atoms with van der Waals surface area (Å²) < 4.78 is 0. The highest BCUT2D eigenvalue weighted by atomic mass is 16.3. The van der Waals surface area contributed by atoms with E-state index in [4.69, 9.17) is 0 Å². The van der Waals surface area contributed by atoms with Crippen molar-refractivity contribution >= 4 is 0 Å². The summed E-state index contributed by atoms with van der Waals surface area (Å²) in [4.78, 5) is 0. The van der Waals surface area contributed by atoms with E-state index in [0.29, 0.717) is 0 Å². The van der Waals surface area contributed by atoms with Crippen LogP contribution in [-0.2, 0) is 0 Å². The van der Waals surface area contributed by atoms with Crippen LogP contribution in [0.4, 0.5) is 0 Å². The molecule has 0 heterocycles. The Labute approximate surface area is 167 Å². The summed E-state index contributed by atoms with van der Waals surface area (Å²) in [6, 6.07) is 0. The molecule has 9 atom stereocenters. The van der Waals surface area contributed by atoms with Crippen LogP contribution in [0.3, 0.4) is 0 Å². The Bertz CT molecular complexity index is 587. The van der Waals surface area contributed by atoms with Gasteiger partial charge in [-0.3, -0.25) is 0 Å². The van der Waals surface area contributed by atoms with Crippen LogP contribution in [0.1, 0.15) is 85.5 Å². The van der Waals surface area contributed by atoms with Gasteiger partial charge in [0.15, 0.2) is 0 Å². The van der Waals surface area contributed by atoms with E-state index in [2.05, 4.69) is 39.8 Å². The summed E-state index contributed by atoms with van der Waals surface area (Å²) in [7, 11) is 0. The molecule has 3 fully saturated rings. The van der Waals surface area contributed by atoms with Crippen molar-refractivity contribution in [2.45, 2.75) is 91.6 Å². The fourth-order valence-corrected chi connectivity index (χ4v) is 7.63. The van der Waals surface area contributed by atoms with Gasteiger partial charge in [0.05, 0.1) is 6.10 Å². The number of hydrogen-bond acceptors (Lipinski definition) is 1. The second-order valence-electron chi connectivity index (χ2n) is 10.6. The normalized spacial score (nSPS) is 44.0. The van der Waals surface area contributed by atoms with Crippen molar-refractivity contribution in [2.75, 3.05) is 0 Å². The fourth-order valence-electron chi connectivity index (χ4n) is 7.63. The SMILES string of the molecule is CC[C@@H](C)/C(C)=C\[C@@H](C)[C@H]1CC[C@@H]2[C@@H]1CC[C@H]1[C@H]2CC=C2C[C@@H](O)CC[C@@H]21. The predicted molar refractivity (Wildman–Crippen MR) is 114 cm³/mol. The van der Waals surface area contributed by atoms with Crippen molar-refractivity contribution in [1.82, 2.24) is 0 Å². The number of hydrogen-bond donors (Lipinski definition) is 1. The van der Waals surface area contributed by atoms with E-state index in [-0.39, 0.29) is 6.10 Å². The van der Waals surface area contributed by atoms with Crippen LogP contribution < -0.4 is 0 Å². The van der Waals surface area contributed by atoms with Crippen molar-refractivity contribution in [3.8, 4) is 0 Å². The molecular formula is C26H42O. The van der Waals surface area contributed by atoms with Crippen LogP contribution in [0.2, 0.25) is 0 Å². The molecule has 0 spiro atoms. The molecule has 0 aliphatic heterocycles. The first kappa shape index (κ1) is 19.7. The third-order valence-electron chi connectivity index (χ3n) is 9.38. The zero-order valence-electron chi connectivity index (χ0n) is 18.2. The van der Waals surface area contributed by atoms with Gasteiger partial charge in [-0.1, -0.05) is 44.1 Å². The maximum Gasteiger partial charge on any atom is 0.0577 e. The topological polar surface area (TPSA) is 20.2 Å². The molecule has 0 radical (unpaired) electrons. The summed E-state index contributed by atoms with van der Waals surface area (Å²) in [5.41, 5.74) is 3.25. The van der Waals surface area contributed by atoms with E-state index in [1.807, 2.05) is 0 Å². The van der Waals surface area contributed by atoms with Crippen molar-refractivity contribution in [1.29, 1.82) is 0 Å². The van der Waals surface area contributed by atoms with Crippen LogP contribution in [-0.4, -0.2) is 11.2 Å². The summed E-state index contributed by atoms with van der Waals surface area (Å²) in [5, 5.41) is 10.1. The lowest BCUT2D eigenvalue weighted by atomic mass is 9.56. The van der Waals surface area contributed by atoms with Crippen molar-refractivity contribution in [3.05, 3.63) is 23.3 Å². The number of rotatable bonds is 4. The minimum Gasteiger partial charge on any atom is -0.393 e. The monoisotopic (exact) mass is 370 g/mol. The molecule has 1 nitrogen and oxygen atoms in total. The molecule has 0 aromatic carbocycles. The van der Waals surface area contributed by atoms with Gasteiger partial charge in [-0.25, -0.2) is 0 Å². The van der Waals surface area contributed by atoms with Crippen LogP contribution in [0.5, 0.6) is 0 Å². The first-order valence-corrected chi connectivity index (χ1v) is 12.0. The average Bonchev–Trinajstić information content (AvgIpc) is 3.11. The number of fused-ring (bicyclic) bond motifs is 5. The molecule has 1 heteroatoms. The lowest BCUT2D eigenvalue weighted by Crippen LogP contribution is -2.42. The molecule has 4 rings (SSSR count). The molecule has 0 saturated heterocycles. The third-order valence-corrected chi connectivity index (χ3v) is 9.38. The number of aliphatic hydroxyl groups is 1. The minimum atomic E-state index is -0.0577. The van der Waals surface area contributed by atoms with E-state index < -0.39 is 0 Å². The first-order valence-electron chi connectivity index (χ1n) is 12.0. The standard InChI is InChI=1S/C26H42O/c1-5-16(2)17(3)14-18(4)21-10-11-26-23(21)12-13-24-22-9-7-20(27)15-19(22)6-8-25(24)26/h6,14,16,18,20-27H,5,7-13,15H2,1-4H3/b17-14-/t16-,18-,20+,21-,22+,23-,24-,25-,26-/m1/s1. The highest BCUT2D eigenvalue weighted by Crippen LogP contribution is 2.58. The van der Waals surface area contributed by atoms with Crippen LogP contribution >= 0.6 is 0 Å². The number of allylic oxidation sites excluding steroid dienone is 3. The van der Waals surface area contributed by atoms with Crippen LogP contribution in [0, 0.1) is 47.3 Å². The maximum atomic E-state index is 10.1. The molecule has 4 aliphatic carbocycles. The molecule has 152 valence electrons. The van der Waals surface area contributed by atoms with Crippen molar-refractivity contribution < 1.29 is 5.11 Å². The number of aliphatic hydroxyl groups excluding tert-OH is 1. The van der Waals surface area contributed by atoms with E-state index >= 15 is 0 Å². The summed E-state index contributed by atoms with van der Waals surface area (Å²) in [6.45, 7) is 9.56. The highest BCUT2D eigenvalue weighted by Gasteiger charge is 2.50. The molecule has 0 aromatic heterocycles.